The van der Waals surface area contributed by atoms with Gasteiger partial charge >= 0.3 is 0 Å². The first-order chi connectivity index (χ1) is 10.9. The second-order valence-electron chi connectivity index (χ2n) is 5.40. The maximum atomic E-state index is 5.97. The van der Waals surface area contributed by atoms with E-state index in [0.29, 0.717) is 12.6 Å². The summed E-state index contributed by atoms with van der Waals surface area (Å²) in [5, 5.41) is 6.92. The van der Waals surface area contributed by atoms with Gasteiger partial charge in [0.15, 0.2) is 11.5 Å². The van der Waals surface area contributed by atoms with Crippen LogP contribution in [0.3, 0.4) is 0 Å². The molecule has 5 heteroatoms. The molecular weight excluding hydrogens is 312 g/mol. The molecule has 0 radical (unpaired) electrons. The minimum Gasteiger partial charge on any atom is -0.493 e. The van der Waals surface area contributed by atoms with Crippen LogP contribution in [-0.2, 0) is 6.61 Å². The normalized spacial score (nSPS) is 17.2. The molecule has 0 amide bonds. The van der Waals surface area contributed by atoms with Crippen LogP contribution in [0.5, 0.6) is 11.5 Å². The largest absolute Gasteiger partial charge is 0.493 e. The Morgan fingerprint density at radius 1 is 1.04 bits per heavy atom. The molecule has 0 spiro atoms. The number of benzene rings is 2. The SMILES string of the molecule is COc1ccc([C@@H]2CNCCN2)cc1OCc1ccccc1.Cl. The van der Waals surface area contributed by atoms with Crippen LogP contribution in [0.1, 0.15) is 17.2 Å². The second kappa shape index (κ2) is 8.77. The van der Waals surface area contributed by atoms with E-state index in [1.54, 1.807) is 7.11 Å². The third kappa shape index (κ3) is 4.61. The van der Waals surface area contributed by atoms with Gasteiger partial charge in [-0.25, -0.2) is 0 Å². The third-order valence-corrected chi connectivity index (χ3v) is 3.87. The van der Waals surface area contributed by atoms with Crippen molar-refractivity contribution in [3.8, 4) is 11.5 Å². The lowest BCUT2D eigenvalue weighted by Gasteiger charge is -2.25. The van der Waals surface area contributed by atoms with Crippen molar-refractivity contribution in [3.63, 3.8) is 0 Å². The third-order valence-electron chi connectivity index (χ3n) is 3.87. The van der Waals surface area contributed by atoms with E-state index in [2.05, 4.69) is 34.9 Å². The van der Waals surface area contributed by atoms with Gasteiger partial charge in [-0.3, -0.25) is 0 Å². The number of piperazine rings is 1. The van der Waals surface area contributed by atoms with Gasteiger partial charge < -0.3 is 20.1 Å². The smallest absolute Gasteiger partial charge is 0.161 e. The number of hydrogen-bond acceptors (Lipinski definition) is 4. The average molecular weight is 335 g/mol. The van der Waals surface area contributed by atoms with Gasteiger partial charge in [-0.2, -0.15) is 0 Å². The summed E-state index contributed by atoms with van der Waals surface area (Å²) in [6, 6.07) is 16.6. The lowest BCUT2D eigenvalue weighted by atomic mass is 10.0. The lowest BCUT2D eigenvalue weighted by Crippen LogP contribution is -2.42. The van der Waals surface area contributed by atoms with Crippen molar-refractivity contribution >= 4 is 12.4 Å². The van der Waals surface area contributed by atoms with Crippen LogP contribution in [0.25, 0.3) is 0 Å². The maximum absolute atomic E-state index is 5.97. The molecule has 0 unspecified atom stereocenters. The molecule has 2 aromatic rings. The Balaban J connectivity index is 0.00000192. The Kier molecular flexibility index (Phi) is 6.71. The molecule has 0 aliphatic carbocycles. The molecule has 1 aliphatic heterocycles. The van der Waals surface area contributed by atoms with E-state index >= 15 is 0 Å². The Hall–Kier alpha value is -1.75. The predicted molar refractivity (Wildman–Crippen MR) is 94.6 cm³/mol. The molecule has 0 bridgehead atoms. The van der Waals surface area contributed by atoms with E-state index in [9.17, 15) is 0 Å². The summed E-state index contributed by atoms with van der Waals surface area (Å²) in [6.07, 6.45) is 0. The molecule has 124 valence electrons. The van der Waals surface area contributed by atoms with E-state index < -0.39 is 0 Å². The lowest BCUT2D eigenvalue weighted by molar-refractivity contribution is 0.283. The van der Waals surface area contributed by atoms with Gasteiger partial charge in [0, 0.05) is 25.7 Å². The minimum absolute atomic E-state index is 0. The molecule has 1 aliphatic rings. The molecule has 1 heterocycles. The molecular formula is C18H23ClN2O2. The van der Waals surface area contributed by atoms with Gasteiger partial charge in [-0.05, 0) is 23.3 Å². The van der Waals surface area contributed by atoms with Crippen LogP contribution in [0, 0.1) is 0 Å². The minimum atomic E-state index is 0. The molecule has 1 atom stereocenters. The summed E-state index contributed by atoms with van der Waals surface area (Å²) in [7, 11) is 1.67. The molecule has 0 aromatic heterocycles. The zero-order valence-electron chi connectivity index (χ0n) is 13.2. The zero-order chi connectivity index (χ0) is 15.2. The van der Waals surface area contributed by atoms with E-state index in [0.717, 1.165) is 36.7 Å². The van der Waals surface area contributed by atoms with Crippen LogP contribution >= 0.6 is 12.4 Å². The van der Waals surface area contributed by atoms with Gasteiger partial charge in [-0.1, -0.05) is 36.4 Å². The van der Waals surface area contributed by atoms with E-state index in [1.807, 2.05) is 24.3 Å². The van der Waals surface area contributed by atoms with Crippen molar-refractivity contribution in [2.24, 2.45) is 0 Å². The number of hydrogen-bond donors (Lipinski definition) is 2. The summed E-state index contributed by atoms with van der Waals surface area (Å²) in [5.74, 6) is 1.56. The number of rotatable bonds is 5. The van der Waals surface area contributed by atoms with Crippen molar-refractivity contribution in [2.45, 2.75) is 12.6 Å². The quantitative estimate of drug-likeness (QED) is 0.882. The Bertz CT molecular complexity index is 601. The molecule has 0 saturated carbocycles. The van der Waals surface area contributed by atoms with Crippen molar-refractivity contribution in [2.75, 3.05) is 26.7 Å². The molecule has 3 rings (SSSR count). The summed E-state index contributed by atoms with van der Waals surface area (Å²) < 4.78 is 11.4. The first-order valence-electron chi connectivity index (χ1n) is 7.65. The van der Waals surface area contributed by atoms with Gasteiger partial charge in [0.1, 0.15) is 6.61 Å². The molecule has 23 heavy (non-hydrogen) atoms. The topological polar surface area (TPSA) is 42.5 Å². The summed E-state index contributed by atoms with van der Waals surface area (Å²) in [6.45, 7) is 3.47. The first kappa shape index (κ1) is 17.6. The molecule has 2 aromatic carbocycles. The summed E-state index contributed by atoms with van der Waals surface area (Å²) in [5.41, 5.74) is 2.36. The van der Waals surface area contributed by atoms with Crippen LogP contribution in [0.4, 0.5) is 0 Å². The number of nitrogens with one attached hydrogen (secondary N) is 2. The Morgan fingerprint density at radius 2 is 1.87 bits per heavy atom. The fourth-order valence-electron chi connectivity index (χ4n) is 2.65. The van der Waals surface area contributed by atoms with Crippen molar-refractivity contribution in [3.05, 3.63) is 59.7 Å². The van der Waals surface area contributed by atoms with Crippen molar-refractivity contribution in [1.29, 1.82) is 0 Å². The maximum Gasteiger partial charge on any atom is 0.161 e. The highest BCUT2D eigenvalue weighted by atomic mass is 35.5. The predicted octanol–water partition coefficient (Wildman–Crippen LogP) is 2.93. The van der Waals surface area contributed by atoms with Crippen LogP contribution in [0.15, 0.2) is 48.5 Å². The zero-order valence-corrected chi connectivity index (χ0v) is 14.1. The van der Waals surface area contributed by atoms with E-state index in [1.165, 1.54) is 5.56 Å². The van der Waals surface area contributed by atoms with Crippen LogP contribution in [-0.4, -0.2) is 26.7 Å². The highest BCUT2D eigenvalue weighted by molar-refractivity contribution is 5.85. The molecule has 4 nitrogen and oxygen atoms in total. The molecule has 1 saturated heterocycles. The number of halogens is 1. The van der Waals surface area contributed by atoms with Gasteiger partial charge in [0.2, 0.25) is 0 Å². The van der Waals surface area contributed by atoms with Crippen LogP contribution in [0.2, 0.25) is 0 Å². The Morgan fingerprint density at radius 3 is 2.57 bits per heavy atom. The molecule has 1 fully saturated rings. The highest BCUT2D eigenvalue weighted by Crippen LogP contribution is 2.31. The van der Waals surface area contributed by atoms with Gasteiger partial charge in [0.25, 0.3) is 0 Å². The van der Waals surface area contributed by atoms with Crippen molar-refractivity contribution in [1.82, 2.24) is 10.6 Å². The molecule has 2 N–H and O–H groups in total. The summed E-state index contributed by atoms with van der Waals surface area (Å²) >= 11 is 0. The first-order valence-corrected chi connectivity index (χ1v) is 7.65. The average Bonchev–Trinajstić information content (AvgIpc) is 2.61. The van der Waals surface area contributed by atoms with Crippen molar-refractivity contribution < 1.29 is 9.47 Å². The fourth-order valence-corrected chi connectivity index (χ4v) is 2.65. The Labute approximate surface area is 143 Å². The fraction of sp³-hybridized carbons (Fsp3) is 0.333. The summed E-state index contributed by atoms with van der Waals surface area (Å²) in [4.78, 5) is 0. The number of ether oxygens (including phenoxy) is 2. The number of methoxy groups -OCH3 is 1. The van der Waals surface area contributed by atoms with E-state index in [-0.39, 0.29) is 12.4 Å². The van der Waals surface area contributed by atoms with Gasteiger partial charge in [0.05, 0.1) is 7.11 Å². The van der Waals surface area contributed by atoms with Gasteiger partial charge in [-0.15, -0.1) is 12.4 Å². The highest BCUT2D eigenvalue weighted by Gasteiger charge is 2.16. The monoisotopic (exact) mass is 334 g/mol. The van der Waals surface area contributed by atoms with Crippen LogP contribution < -0.4 is 20.1 Å². The van der Waals surface area contributed by atoms with E-state index in [4.69, 9.17) is 9.47 Å². The second-order valence-corrected chi connectivity index (χ2v) is 5.40. The standard InChI is InChI=1S/C18H22N2O2.ClH/c1-21-17-8-7-15(16-12-19-9-10-20-16)11-18(17)22-13-14-5-3-2-4-6-14;/h2-8,11,16,19-20H,9-10,12-13H2,1H3;1H/t16-;/m0./s1.